The number of ether oxygens (including phenoxy) is 3. The second kappa shape index (κ2) is 7.90. The number of likely N-dealkylation sites (tertiary alicyclic amines) is 1. The van der Waals surface area contributed by atoms with Gasteiger partial charge in [-0.3, -0.25) is 9.58 Å². The lowest BCUT2D eigenvalue weighted by Gasteiger charge is -2.34. The van der Waals surface area contributed by atoms with Crippen molar-refractivity contribution in [3.63, 3.8) is 0 Å². The fourth-order valence-electron chi connectivity index (χ4n) is 5.00. The van der Waals surface area contributed by atoms with Gasteiger partial charge in [0, 0.05) is 18.8 Å². The minimum absolute atomic E-state index is 0.271. The molecule has 35 heavy (non-hydrogen) atoms. The molecule has 4 atom stereocenters. The first-order chi connectivity index (χ1) is 16.4. The highest BCUT2D eigenvalue weighted by Crippen LogP contribution is 2.48. The van der Waals surface area contributed by atoms with Crippen LogP contribution in [0.15, 0.2) is 24.7 Å². The van der Waals surface area contributed by atoms with E-state index in [4.69, 9.17) is 19.9 Å². The van der Waals surface area contributed by atoms with Crippen LogP contribution in [-0.2, 0) is 21.3 Å². The number of fused-ring (bicyclic) bond motifs is 2. The van der Waals surface area contributed by atoms with Crippen molar-refractivity contribution in [1.82, 2.24) is 29.3 Å². The van der Waals surface area contributed by atoms with Gasteiger partial charge in [-0.25, -0.2) is 14.3 Å². The summed E-state index contributed by atoms with van der Waals surface area (Å²) in [5, 5.41) is 19.3. The van der Waals surface area contributed by atoms with Crippen LogP contribution in [0.5, 0.6) is 0 Å². The normalized spacial score (nSPS) is 25.9. The monoisotopic (exact) mass is 485 g/mol. The number of aromatic nitrogens is 5. The average Bonchev–Trinajstić information content (AvgIpc) is 3.47. The van der Waals surface area contributed by atoms with Crippen LogP contribution >= 0.6 is 0 Å². The van der Waals surface area contributed by atoms with Gasteiger partial charge in [0.1, 0.15) is 35.7 Å². The number of aryl methyl sites for hydroxylation is 1. The van der Waals surface area contributed by atoms with Crippen LogP contribution in [0, 0.1) is 0 Å². The smallest absolute Gasteiger partial charge is 0.411 e. The number of nitrogen functional groups attached to an aromatic ring is 1. The molecule has 5 heterocycles. The fourth-order valence-corrected chi connectivity index (χ4v) is 5.00. The van der Waals surface area contributed by atoms with E-state index in [0.29, 0.717) is 22.5 Å². The Morgan fingerprint density at radius 2 is 2.00 bits per heavy atom. The van der Waals surface area contributed by atoms with Crippen LogP contribution in [0.4, 0.5) is 10.6 Å². The molecule has 2 aliphatic heterocycles. The maximum atomic E-state index is 13.5. The molecule has 0 aromatic carbocycles. The maximum Gasteiger partial charge on any atom is 0.411 e. The molecule has 1 amide bonds. The Morgan fingerprint density at radius 3 is 2.63 bits per heavy atom. The van der Waals surface area contributed by atoms with Gasteiger partial charge in [-0.15, -0.1) is 0 Å². The predicted molar refractivity (Wildman–Crippen MR) is 125 cm³/mol. The summed E-state index contributed by atoms with van der Waals surface area (Å²) in [5.41, 5.74) is 8.12. The van der Waals surface area contributed by atoms with Crippen LogP contribution in [0.1, 0.15) is 46.4 Å². The molecule has 12 heteroatoms. The number of anilines is 1. The van der Waals surface area contributed by atoms with Crippen molar-refractivity contribution in [2.45, 2.75) is 70.3 Å². The van der Waals surface area contributed by atoms with E-state index >= 15 is 0 Å². The van der Waals surface area contributed by atoms with Gasteiger partial charge < -0.3 is 25.1 Å². The zero-order valence-electron chi connectivity index (χ0n) is 20.7. The molecule has 0 saturated carbocycles. The van der Waals surface area contributed by atoms with Crippen molar-refractivity contribution in [2.75, 3.05) is 12.3 Å². The largest absolute Gasteiger partial charge is 0.444 e. The molecule has 0 aliphatic carbocycles. The molecule has 188 valence electrons. The molecular formula is C23H31N7O5. The summed E-state index contributed by atoms with van der Waals surface area (Å²) in [5.74, 6) is -0.626. The number of aliphatic hydroxyl groups is 1. The number of nitrogens with zero attached hydrogens (tertiary/aromatic N) is 6. The minimum Gasteiger partial charge on any atom is -0.444 e. The molecule has 0 bridgehead atoms. The first kappa shape index (κ1) is 23.5. The lowest BCUT2D eigenvalue weighted by molar-refractivity contribution is -0.169. The topological polar surface area (TPSA) is 142 Å². The van der Waals surface area contributed by atoms with Crippen LogP contribution < -0.4 is 5.73 Å². The zero-order chi connectivity index (χ0) is 25.3. The molecule has 0 unspecified atom stereocenters. The van der Waals surface area contributed by atoms with Crippen LogP contribution in [0.25, 0.3) is 16.8 Å². The Morgan fingerprint density at radius 1 is 1.29 bits per heavy atom. The van der Waals surface area contributed by atoms with Gasteiger partial charge in [0.15, 0.2) is 11.6 Å². The Kier molecular flexibility index (Phi) is 5.31. The summed E-state index contributed by atoms with van der Waals surface area (Å²) in [6.07, 6.45) is 1.45. The van der Waals surface area contributed by atoms with E-state index in [1.54, 1.807) is 30.0 Å². The first-order valence-electron chi connectivity index (χ1n) is 11.5. The Bertz CT molecular complexity index is 1280. The van der Waals surface area contributed by atoms with Gasteiger partial charge in [0.05, 0.1) is 24.0 Å². The fraction of sp³-hybridized carbons (Fsp3) is 0.565. The van der Waals surface area contributed by atoms with Crippen molar-refractivity contribution in [3.8, 4) is 11.3 Å². The van der Waals surface area contributed by atoms with Crippen molar-refractivity contribution < 1.29 is 24.1 Å². The number of aliphatic hydroxyl groups excluding tert-OH is 1. The Balaban J connectivity index is 1.71. The van der Waals surface area contributed by atoms with E-state index in [1.807, 2.05) is 39.2 Å². The van der Waals surface area contributed by atoms with Crippen molar-refractivity contribution >= 4 is 17.4 Å². The van der Waals surface area contributed by atoms with E-state index in [9.17, 15) is 9.90 Å². The van der Waals surface area contributed by atoms with E-state index in [-0.39, 0.29) is 12.4 Å². The van der Waals surface area contributed by atoms with E-state index in [2.05, 4.69) is 15.2 Å². The van der Waals surface area contributed by atoms with Gasteiger partial charge >= 0.3 is 6.09 Å². The lowest BCUT2D eigenvalue weighted by atomic mass is 10.0. The second-order valence-corrected chi connectivity index (χ2v) is 10.4. The summed E-state index contributed by atoms with van der Waals surface area (Å²) in [6.45, 7) is 8.67. The molecule has 2 saturated heterocycles. The zero-order valence-corrected chi connectivity index (χ0v) is 20.7. The third kappa shape index (κ3) is 3.91. The van der Waals surface area contributed by atoms with E-state index < -0.39 is 41.8 Å². The predicted octanol–water partition coefficient (Wildman–Crippen LogP) is 1.88. The molecule has 2 fully saturated rings. The molecule has 5 rings (SSSR count). The first-order valence-corrected chi connectivity index (χ1v) is 11.5. The second-order valence-electron chi connectivity index (χ2n) is 10.4. The highest BCUT2D eigenvalue weighted by Gasteiger charge is 2.61. The Labute approximate surface area is 202 Å². The summed E-state index contributed by atoms with van der Waals surface area (Å²) in [6, 6.07) is 2.37. The number of carbonyl (C=O) groups excluding carboxylic acids is 1. The highest BCUT2D eigenvalue weighted by molar-refractivity contribution is 5.87. The van der Waals surface area contributed by atoms with E-state index in [0.717, 1.165) is 0 Å². The number of amides is 1. The van der Waals surface area contributed by atoms with Crippen LogP contribution in [0.2, 0.25) is 0 Å². The summed E-state index contributed by atoms with van der Waals surface area (Å²) < 4.78 is 21.5. The average molecular weight is 486 g/mol. The SMILES string of the molecule is Cn1ccc(-c2cc([C@H]3[C@@H]4OC(C)(C)O[C@@H]4[C@@H](CO)N3C(=O)OC(C)(C)C)n3ncnc(N)c23)n1. The molecule has 3 aromatic rings. The summed E-state index contributed by atoms with van der Waals surface area (Å²) >= 11 is 0. The molecule has 0 spiro atoms. The van der Waals surface area contributed by atoms with Gasteiger partial charge in [-0.2, -0.15) is 10.2 Å². The van der Waals surface area contributed by atoms with Gasteiger partial charge in [-0.05, 0) is 46.8 Å². The molecular weight excluding hydrogens is 454 g/mol. The van der Waals surface area contributed by atoms with Crippen molar-refractivity contribution in [3.05, 3.63) is 30.4 Å². The molecule has 3 aromatic heterocycles. The van der Waals surface area contributed by atoms with Crippen LogP contribution in [-0.4, -0.2) is 76.7 Å². The van der Waals surface area contributed by atoms with Crippen LogP contribution in [0.3, 0.4) is 0 Å². The van der Waals surface area contributed by atoms with Gasteiger partial charge in [0.2, 0.25) is 0 Å². The van der Waals surface area contributed by atoms with Gasteiger partial charge in [-0.1, -0.05) is 0 Å². The lowest BCUT2D eigenvalue weighted by Crippen LogP contribution is -2.47. The van der Waals surface area contributed by atoms with Gasteiger partial charge in [0.25, 0.3) is 0 Å². The number of hydrogen-bond acceptors (Lipinski definition) is 9. The number of carbonyl (C=O) groups is 1. The molecule has 2 aliphatic rings. The quantitative estimate of drug-likeness (QED) is 0.568. The standard InChI is InChI=1S/C23H31N7O5/c1-22(2,3)35-21(32)29-15(10-31)18-19(34-23(4,5)33-18)17(29)14-9-12(13-7-8-28(6)27-13)16-20(24)25-11-26-30(14)16/h7-9,11,15,17-19,31H,10H2,1-6H3,(H2,24,25,26)/t15-,17+,18-,19+/m1/s1. The number of nitrogens with two attached hydrogens (primary N) is 1. The summed E-state index contributed by atoms with van der Waals surface area (Å²) in [7, 11) is 1.83. The number of rotatable bonds is 3. The minimum atomic E-state index is -0.897. The Hall–Kier alpha value is -3.22. The number of hydrogen-bond donors (Lipinski definition) is 2. The van der Waals surface area contributed by atoms with E-state index in [1.165, 1.54) is 11.2 Å². The summed E-state index contributed by atoms with van der Waals surface area (Å²) in [4.78, 5) is 19.2. The third-order valence-corrected chi connectivity index (χ3v) is 6.21. The molecule has 3 N–H and O–H groups in total. The highest BCUT2D eigenvalue weighted by atomic mass is 16.8. The molecule has 0 radical (unpaired) electrons. The molecule has 12 nitrogen and oxygen atoms in total. The van der Waals surface area contributed by atoms with Crippen molar-refractivity contribution in [2.24, 2.45) is 7.05 Å². The van der Waals surface area contributed by atoms with Crippen molar-refractivity contribution in [1.29, 1.82) is 0 Å². The maximum absolute atomic E-state index is 13.5. The third-order valence-electron chi connectivity index (χ3n) is 6.21.